The van der Waals surface area contributed by atoms with Gasteiger partial charge in [0.05, 0.1) is 33.2 Å². The monoisotopic (exact) mass is 339 g/mol. The topological polar surface area (TPSA) is 3.24 Å². The maximum atomic E-state index is 2.55. The first kappa shape index (κ1) is 16.0. The van der Waals surface area contributed by atoms with Gasteiger partial charge in [-0.2, -0.15) is 0 Å². The van der Waals surface area contributed by atoms with Gasteiger partial charge in [0.2, 0.25) is 0 Å². The Balaban J connectivity index is 1.55. The van der Waals surface area contributed by atoms with E-state index in [1.165, 1.54) is 46.7 Å². The maximum absolute atomic E-state index is 2.55. The number of piperazine rings is 1. The normalized spacial score (nSPS) is 23.4. The predicted molar refractivity (Wildman–Crippen MR) is 104 cm³/mol. The van der Waals surface area contributed by atoms with Crippen molar-refractivity contribution in [1.82, 2.24) is 0 Å². The lowest BCUT2D eigenvalue weighted by Gasteiger charge is -2.47. The van der Waals surface area contributed by atoms with E-state index in [1.54, 1.807) is 5.56 Å². The van der Waals surface area contributed by atoms with E-state index < -0.39 is 0 Å². The lowest BCUT2D eigenvalue weighted by atomic mass is 9.97. The Morgan fingerprint density at radius 2 is 1.67 bits per heavy atom. The van der Waals surface area contributed by atoms with Crippen molar-refractivity contribution in [2.24, 2.45) is 0 Å². The predicted octanol–water partition coefficient (Wildman–Crippen LogP) is 4.58. The molecule has 2 heterocycles. The molecule has 126 valence electrons. The summed E-state index contributed by atoms with van der Waals surface area (Å²) in [7, 11) is 2.49. The first-order chi connectivity index (χ1) is 11.8. The molecule has 1 unspecified atom stereocenters. The second-order valence-electron chi connectivity index (χ2n) is 7.29. The van der Waals surface area contributed by atoms with Crippen LogP contribution in [0.2, 0.25) is 0 Å². The fourth-order valence-electron chi connectivity index (χ4n) is 4.28. The van der Waals surface area contributed by atoms with Crippen LogP contribution in [0.5, 0.6) is 0 Å². The summed E-state index contributed by atoms with van der Waals surface area (Å²) in [4.78, 5) is 4.07. The summed E-state index contributed by atoms with van der Waals surface area (Å²) in [6, 6.07) is 20.7. The van der Waals surface area contributed by atoms with Crippen molar-refractivity contribution in [3.05, 3.63) is 60.2 Å². The molecule has 3 heteroatoms. The Hall–Kier alpha value is -1.45. The third-order valence-corrected chi connectivity index (χ3v) is 6.97. The summed E-state index contributed by atoms with van der Waals surface area (Å²) in [6.45, 7) is 4.79. The minimum absolute atomic E-state index is 0.661. The van der Waals surface area contributed by atoms with Crippen LogP contribution in [0.1, 0.15) is 24.4 Å². The van der Waals surface area contributed by atoms with Gasteiger partial charge in [-0.25, -0.2) is 0 Å². The Morgan fingerprint density at radius 3 is 2.46 bits per heavy atom. The number of hydrogen-bond acceptors (Lipinski definition) is 2. The summed E-state index contributed by atoms with van der Waals surface area (Å²) in [5.74, 6) is 1.27. The second kappa shape index (κ2) is 6.81. The van der Waals surface area contributed by atoms with Crippen LogP contribution in [0.25, 0.3) is 0 Å². The molecule has 2 nitrogen and oxygen atoms in total. The molecule has 2 aliphatic rings. The smallest absolute Gasteiger partial charge is 0.116 e. The van der Waals surface area contributed by atoms with Crippen molar-refractivity contribution < 1.29 is 4.48 Å². The Labute approximate surface area is 150 Å². The second-order valence-corrected chi connectivity index (χ2v) is 8.43. The lowest BCUT2D eigenvalue weighted by Crippen LogP contribution is -2.58. The highest BCUT2D eigenvalue weighted by atomic mass is 32.2. The Kier molecular flexibility index (Phi) is 4.55. The molecule has 2 aromatic carbocycles. The molecule has 0 saturated carbocycles. The number of fused-ring (bicyclic) bond motifs is 1. The molecule has 1 fully saturated rings. The lowest BCUT2D eigenvalue weighted by molar-refractivity contribution is -0.940. The fourth-order valence-corrected chi connectivity index (χ4v) is 5.36. The highest BCUT2D eigenvalue weighted by Gasteiger charge is 2.38. The first-order valence-corrected chi connectivity index (χ1v) is 10.1. The van der Waals surface area contributed by atoms with Gasteiger partial charge in [-0.1, -0.05) is 36.4 Å². The first-order valence-electron chi connectivity index (χ1n) is 9.12. The number of rotatable bonds is 2. The summed E-state index contributed by atoms with van der Waals surface area (Å²) < 4.78 is 1.20. The van der Waals surface area contributed by atoms with Gasteiger partial charge in [-0.15, -0.1) is 11.8 Å². The van der Waals surface area contributed by atoms with Gasteiger partial charge < -0.3 is 9.38 Å². The number of likely N-dealkylation sites (N-methyl/N-ethyl adjacent to an activating group) is 1. The highest BCUT2D eigenvalue weighted by molar-refractivity contribution is 7.99. The van der Waals surface area contributed by atoms with Crippen molar-refractivity contribution in [1.29, 1.82) is 0 Å². The molecule has 1 saturated heterocycles. The molecule has 24 heavy (non-hydrogen) atoms. The van der Waals surface area contributed by atoms with Crippen molar-refractivity contribution in [3.8, 4) is 0 Å². The van der Waals surface area contributed by atoms with E-state index in [0.29, 0.717) is 6.04 Å². The van der Waals surface area contributed by atoms with Crippen LogP contribution in [-0.2, 0) is 0 Å². The van der Waals surface area contributed by atoms with E-state index >= 15 is 0 Å². The largest absolute Gasteiger partial charge is 0.360 e. The van der Waals surface area contributed by atoms with Crippen LogP contribution < -0.4 is 4.90 Å². The number of para-hydroxylation sites is 1. The van der Waals surface area contributed by atoms with Crippen molar-refractivity contribution in [2.45, 2.75) is 23.8 Å². The third kappa shape index (κ3) is 3.07. The van der Waals surface area contributed by atoms with Crippen molar-refractivity contribution in [2.75, 3.05) is 43.9 Å². The SMILES string of the molecule is C[N+]1(C2CCCSc3ccccc32)CCN(c2ccccc2)CC1. The highest BCUT2D eigenvalue weighted by Crippen LogP contribution is 2.41. The summed E-state index contributed by atoms with van der Waals surface area (Å²) >= 11 is 2.05. The molecule has 0 aliphatic carbocycles. The van der Waals surface area contributed by atoms with Gasteiger partial charge in [0.25, 0.3) is 0 Å². The van der Waals surface area contributed by atoms with E-state index in [1.807, 2.05) is 0 Å². The number of anilines is 1. The van der Waals surface area contributed by atoms with Crippen LogP contribution in [0.15, 0.2) is 59.5 Å². The number of thioether (sulfide) groups is 1. The van der Waals surface area contributed by atoms with Crippen molar-refractivity contribution >= 4 is 17.4 Å². The van der Waals surface area contributed by atoms with Crippen molar-refractivity contribution in [3.63, 3.8) is 0 Å². The van der Waals surface area contributed by atoms with Crippen LogP contribution in [-0.4, -0.2) is 43.5 Å². The maximum Gasteiger partial charge on any atom is 0.116 e. The van der Waals surface area contributed by atoms with E-state index in [2.05, 4.69) is 78.3 Å². The van der Waals surface area contributed by atoms with Gasteiger partial charge in [0, 0.05) is 22.6 Å². The average Bonchev–Trinajstić information content (AvgIpc) is 2.86. The third-order valence-electron chi connectivity index (χ3n) is 5.79. The Morgan fingerprint density at radius 1 is 0.958 bits per heavy atom. The number of nitrogens with zero attached hydrogens (tertiary/aromatic N) is 2. The average molecular weight is 340 g/mol. The zero-order valence-corrected chi connectivity index (χ0v) is 15.3. The van der Waals surface area contributed by atoms with E-state index in [-0.39, 0.29) is 0 Å². The molecule has 0 aromatic heterocycles. The quantitative estimate of drug-likeness (QED) is 0.737. The van der Waals surface area contributed by atoms with Crippen LogP contribution in [0.4, 0.5) is 5.69 Å². The van der Waals surface area contributed by atoms with E-state index in [9.17, 15) is 0 Å². The molecular formula is C21H27N2S+. The van der Waals surface area contributed by atoms with Crippen LogP contribution >= 0.6 is 11.8 Å². The molecule has 0 N–H and O–H groups in total. The Bertz CT molecular complexity index is 677. The van der Waals surface area contributed by atoms with Gasteiger partial charge in [0.15, 0.2) is 0 Å². The van der Waals surface area contributed by atoms with Gasteiger partial charge in [0.1, 0.15) is 6.04 Å². The van der Waals surface area contributed by atoms with Gasteiger partial charge in [-0.3, -0.25) is 0 Å². The summed E-state index contributed by atoms with van der Waals surface area (Å²) in [5, 5.41) is 0. The van der Waals surface area contributed by atoms with Crippen LogP contribution in [0.3, 0.4) is 0 Å². The minimum Gasteiger partial charge on any atom is -0.360 e. The van der Waals surface area contributed by atoms with Crippen LogP contribution in [0, 0.1) is 0 Å². The molecule has 2 aromatic rings. The molecule has 2 aliphatic heterocycles. The number of benzene rings is 2. The van der Waals surface area contributed by atoms with Gasteiger partial charge in [-0.05, 0) is 30.4 Å². The fraction of sp³-hybridized carbons (Fsp3) is 0.429. The van der Waals surface area contributed by atoms with E-state index in [0.717, 1.165) is 13.1 Å². The van der Waals surface area contributed by atoms with Gasteiger partial charge >= 0.3 is 0 Å². The van der Waals surface area contributed by atoms with E-state index in [4.69, 9.17) is 0 Å². The zero-order valence-electron chi connectivity index (χ0n) is 14.5. The molecule has 0 amide bonds. The molecular weight excluding hydrogens is 312 g/mol. The molecule has 0 spiro atoms. The number of quaternary nitrogens is 1. The molecule has 4 rings (SSSR count). The zero-order chi connectivity index (χ0) is 16.4. The summed E-state index contributed by atoms with van der Waals surface area (Å²) in [6.07, 6.45) is 2.66. The molecule has 1 atom stereocenters. The molecule has 0 radical (unpaired) electrons. The molecule has 0 bridgehead atoms. The minimum atomic E-state index is 0.661. The standard InChI is InChI=1S/C21H27N2S/c1-23(15-13-22(14-16-23)18-8-3-2-4-9-18)20-11-7-17-24-21-12-6-5-10-19(20)21/h2-6,8-10,12,20H,7,11,13-17H2,1H3/q+1. The summed E-state index contributed by atoms with van der Waals surface area (Å²) in [5.41, 5.74) is 2.97. The number of hydrogen-bond donors (Lipinski definition) is 0.